The summed E-state index contributed by atoms with van der Waals surface area (Å²) in [5.74, 6) is 0. The average Bonchev–Trinajstić information content (AvgIpc) is 0.699. The van der Waals surface area contributed by atoms with E-state index in [0.717, 1.165) is 92.7 Å². The summed E-state index contributed by atoms with van der Waals surface area (Å²) in [6, 6.07) is 114. The van der Waals surface area contributed by atoms with Crippen molar-refractivity contribution >= 4 is 144 Å². The zero-order valence-corrected chi connectivity index (χ0v) is 52.5. The molecular formula is C88H70N4. The van der Waals surface area contributed by atoms with Crippen molar-refractivity contribution in [1.82, 2.24) is 0 Å². The van der Waals surface area contributed by atoms with Gasteiger partial charge < -0.3 is 19.6 Å². The van der Waals surface area contributed by atoms with E-state index in [9.17, 15) is 0 Å². The van der Waals surface area contributed by atoms with Crippen LogP contribution in [0, 0.1) is 0 Å². The Bertz CT molecular complexity index is 4740. The standard InChI is InChI=1S/C88H70N4/c1-5-59-45-49-63-29-21-25-41-71(63)85(59)89(67-33-13-9-14-34-67)79-57-80(90(68-35-15-10-16-36-68)86-60(6-2)46-50-64-30-22-26-42-72(64)86)76-55-56-78-82(92(70-39-19-12-20-40-70)88-62(8-4)48-52-66-32-24-28-44-74(66)88)58-81(77-54-53-75(79)83(76)84(77)78)91(69-37-17-11-18-38-69)87-61(7-3)47-51-65-31-23-27-43-73(65)87/h9-58H,5-8H2,1-4H3. The number of anilines is 12. The Labute approximate surface area is 539 Å². The number of hydrogen-bond donors (Lipinski definition) is 0. The molecule has 0 fully saturated rings. The molecule has 16 rings (SSSR count). The van der Waals surface area contributed by atoms with Gasteiger partial charge in [0.15, 0.2) is 0 Å². The lowest BCUT2D eigenvalue weighted by Crippen LogP contribution is -2.18. The minimum Gasteiger partial charge on any atom is -0.309 e. The predicted octanol–water partition coefficient (Wildman–Crippen LogP) is 25.3. The fourth-order valence-electron chi connectivity index (χ4n) is 14.9. The number of hydrogen-bond acceptors (Lipinski definition) is 4. The number of aryl methyl sites for hydroxylation is 4. The Balaban J connectivity index is 1.16. The van der Waals surface area contributed by atoms with Crippen LogP contribution in [0.25, 0.3) is 75.4 Å². The molecule has 0 amide bonds. The van der Waals surface area contributed by atoms with E-state index in [1.165, 1.54) is 98.9 Å². The van der Waals surface area contributed by atoms with Gasteiger partial charge in [-0.3, -0.25) is 0 Å². The Morgan fingerprint density at radius 1 is 0.196 bits per heavy atom. The lowest BCUT2D eigenvalue weighted by molar-refractivity contribution is 1.12. The molecule has 0 saturated carbocycles. The molecule has 442 valence electrons. The predicted molar refractivity (Wildman–Crippen MR) is 396 cm³/mol. The normalized spacial score (nSPS) is 11.7. The second kappa shape index (κ2) is 23.6. The van der Waals surface area contributed by atoms with E-state index in [1.54, 1.807) is 0 Å². The smallest absolute Gasteiger partial charge is 0.0572 e. The zero-order valence-electron chi connectivity index (χ0n) is 52.5. The maximum atomic E-state index is 2.60. The molecule has 0 aromatic heterocycles. The van der Waals surface area contributed by atoms with Gasteiger partial charge in [-0.15, -0.1) is 0 Å². The topological polar surface area (TPSA) is 13.0 Å². The van der Waals surface area contributed by atoms with Crippen LogP contribution in [0.5, 0.6) is 0 Å². The summed E-state index contributed by atoms with van der Waals surface area (Å²) in [6.45, 7) is 9.21. The molecule has 16 aromatic rings. The Kier molecular flexibility index (Phi) is 14.4. The van der Waals surface area contributed by atoms with Gasteiger partial charge in [0.05, 0.1) is 45.5 Å². The SMILES string of the molecule is CCc1ccc2ccccc2c1N(c1ccccc1)c1cc(N(c2ccccc2)c2c(CC)ccc3ccccc23)c2ccc3c(N(c4ccccc4)c4c(CC)ccc5ccccc45)cc(N(c4ccccc4)c4c(CC)ccc5ccccc45)c4ccc1c2c43. The fourth-order valence-corrected chi connectivity index (χ4v) is 14.9. The van der Waals surface area contributed by atoms with Crippen LogP contribution >= 0.6 is 0 Å². The monoisotopic (exact) mass is 1180 g/mol. The van der Waals surface area contributed by atoms with E-state index in [4.69, 9.17) is 0 Å². The van der Waals surface area contributed by atoms with E-state index in [0.29, 0.717) is 0 Å². The second-order valence-corrected chi connectivity index (χ2v) is 24.2. The molecule has 92 heavy (non-hydrogen) atoms. The van der Waals surface area contributed by atoms with Gasteiger partial charge in [0, 0.05) is 76.6 Å². The van der Waals surface area contributed by atoms with E-state index in [1.807, 2.05) is 0 Å². The molecule has 4 heteroatoms. The van der Waals surface area contributed by atoms with Crippen molar-refractivity contribution in [3.8, 4) is 0 Å². The van der Waals surface area contributed by atoms with Crippen LogP contribution in [-0.4, -0.2) is 0 Å². The highest BCUT2D eigenvalue weighted by Gasteiger charge is 2.32. The summed E-state index contributed by atoms with van der Waals surface area (Å²) in [6.07, 6.45) is 3.36. The number of para-hydroxylation sites is 4. The highest BCUT2D eigenvalue weighted by molar-refractivity contribution is 6.34. The van der Waals surface area contributed by atoms with Crippen LogP contribution in [0.2, 0.25) is 0 Å². The molecule has 0 unspecified atom stereocenters. The zero-order chi connectivity index (χ0) is 61.8. The van der Waals surface area contributed by atoms with Crippen molar-refractivity contribution in [2.45, 2.75) is 53.4 Å². The largest absolute Gasteiger partial charge is 0.309 e. The van der Waals surface area contributed by atoms with Crippen LogP contribution in [-0.2, 0) is 25.7 Å². The second-order valence-electron chi connectivity index (χ2n) is 24.2. The van der Waals surface area contributed by atoms with E-state index >= 15 is 0 Å². The number of nitrogens with zero attached hydrogens (tertiary/aromatic N) is 4. The van der Waals surface area contributed by atoms with E-state index in [-0.39, 0.29) is 0 Å². The lowest BCUT2D eigenvalue weighted by atomic mass is 9.88. The third-order valence-corrected chi connectivity index (χ3v) is 19.2. The van der Waals surface area contributed by atoms with Gasteiger partial charge in [0.1, 0.15) is 0 Å². The molecule has 0 saturated heterocycles. The Morgan fingerprint density at radius 3 is 0.620 bits per heavy atom. The van der Waals surface area contributed by atoms with Crippen molar-refractivity contribution in [3.63, 3.8) is 0 Å². The molecule has 0 aliphatic rings. The molecule has 0 atom stereocenters. The van der Waals surface area contributed by atoms with Gasteiger partial charge in [-0.2, -0.15) is 0 Å². The number of rotatable bonds is 16. The van der Waals surface area contributed by atoms with E-state index in [2.05, 4.69) is 351 Å². The molecule has 0 radical (unpaired) electrons. The Morgan fingerprint density at radius 2 is 0.402 bits per heavy atom. The minimum absolute atomic E-state index is 0.841. The molecule has 16 aromatic carbocycles. The van der Waals surface area contributed by atoms with Crippen LogP contribution in [0.15, 0.2) is 303 Å². The van der Waals surface area contributed by atoms with E-state index < -0.39 is 0 Å². The van der Waals surface area contributed by atoms with Crippen molar-refractivity contribution in [1.29, 1.82) is 0 Å². The summed E-state index contributed by atoms with van der Waals surface area (Å²) in [7, 11) is 0. The third kappa shape index (κ3) is 9.27. The number of fused-ring (bicyclic) bond motifs is 4. The highest BCUT2D eigenvalue weighted by Crippen LogP contribution is 2.58. The van der Waals surface area contributed by atoms with Crippen LogP contribution in [0.1, 0.15) is 49.9 Å². The third-order valence-electron chi connectivity index (χ3n) is 19.2. The first kappa shape index (κ1) is 56.1. The first-order chi connectivity index (χ1) is 45.5. The highest BCUT2D eigenvalue weighted by atomic mass is 15.2. The quantitative estimate of drug-likeness (QED) is 0.0894. The molecule has 0 aliphatic carbocycles. The maximum Gasteiger partial charge on any atom is 0.0572 e. The van der Waals surface area contributed by atoms with Gasteiger partial charge in [-0.1, -0.05) is 270 Å². The maximum absolute atomic E-state index is 2.60. The fraction of sp³-hybridized carbons (Fsp3) is 0.0909. The number of benzene rings is 16. The summed E-state index contributed by atoms with van der Waals surface area (Å²) in [4.78, 5) is 10.4. The van der Waals surface area contributed by atoms with Gasteiger partial charge in [-0.25, -0.2) is 0 Å². The lowest BCUT2D eigenvalue weighted by Gasteiger charge is -2.36. The summed E-state index contributed by atoms with van der Waals surface area (Å²) >= 11 is 0. The summed E-state index contributed by atoms with van der Waals surface area (Å²) < 4.78 is 0. The van der Waals surface area contributed by atoms with Crippen molar-refractivity contribution < 1.29 is 0 Å². The van der Waals surface area contributed by atoms with Crippen molar-refractivity contribution in [2.75, 3.05) is 19.6 Å². The molecule has 0 aliphatic heterocycles. The minimum atomic E-state index is 0.841. The first-order valence-electron chi connectivity index (χ1n) is 32.7. The van der Waals surface area contributed by atoms with Crippen LogP contribution < -0.4 is 19.6 Å². The first-order valence-corrected chi connectivity index (χ1v) is 32.7. The Hall–Kier alpha value is -11.2. The van der Waals surface area contributed by atoms with Crippen molar-refractivity contribution in [2.24, 2.45) is 0 Å². The van der Waals surface area contributed by atoms with Gasteiger partial charge in [0.25, 0.3) is 0 Å². The molecular weight excluding hydrogens is 1110 g/mol. The molecule has 0 spiro atoms. The summed E-state index contributed by atoms with van der Waals surface area (Å²) in [5, 5.41) is 16.6. The molecule has 0 N–H and O–H groups in total. The molecule has 4 nitrogen and oxygen atoms in total. The van der Waals surface area contributed by atoms with Gasteiger partial charge >= 0.3 is 0 Å². The van der Waals surface area contributed by atoms with Gasteiger partial charge in [-0.05, 0) is 130 Å². The van der Waals surface area contributed by atoms with Crippen LogP contribution in [0.3, 0.4) is 0 Å². The van der Waals surface area contributed by atoms with Crippen LogP contribution in [0.4, 0.5) is 68.2 Å². The molecule has 0 heterocycles. The van der Waals surface area contributed by atoms with Gasteiger partial charge in [0.2, 0.25) is 0 Å². The van der Waals surface area contributed by atoms with Crippen molar-refractivity contribution in [3.05, 3.63) is 326 Å². The average molecular weight is 1180 g/mol. The molecule has 0 bridgehead atoms. The summed E-state index contributed by atoms with van der Waals surface area (Å²) in [5.41, 5.74) is 18.5.